The van der Waals surface area contributed by atoms with Crippen molar-refractivity contribution in [1.82, 2.24) is 10.2 Å². The minimum absolute atomic E-state index is 0.154. The summed E-state index contributed by atoms with van der Waals surface area (Å²) in [6.45, 7) is 1.90. The molecule has 1 saturated heterocycles. The van der Waals surface area contributed by atoms with Crippen LogP contribution in [0.1, 0.15) is 12.0 Å². The number of likely N-dealkylation sites (N-methyl/N-ethyl adjacent to an activating group) is 1. The van der Waals surface area contributed by atoms with E-state index in [0.29, 0.717) is 17.5 Å². The van der Waals surface area contributed by atoms with Crippen molar-refractivity contribution < 1.29 is 4.79 Å². The van der Waals surface area contributed by atoms with Crippen LogP contribution in [0.2, 0.25) is 5.02 Å². The topological polar surface area (TPSA) is 32.3 Å². The minimum atomic E-state index is 0.154. The first-order valence-electron chi connectivity index (χ1n) is 5.87. The van der Waals surface area contributed by atoms with E-state index < -0.39 is 0 Å². The molecule has 1 N–H and O–H groups in total. The van der Waals surface area contributed by atoms with E-state index in [4.69, 9.17) is 11.6 Å². The van der Waals surface area contributed by atoms with Crippen molar-refractivity contribution in [1.29, 1.82) is 0 Å². The molecule has 0 aromatic heterocycles. The number of amides is 1. The molecular weight excluding hydrogens is 236 g/mol. The van der Waals surface area contributed by atoms with Gasteiger partial charge in [0.15, 0.2) is 0 Å². The van der Waals surface area contributed by atoms with Crippen molar-refractivity contribution in [3.8, 4) is 0 Å². The Morgan fingerprint density at radius 2 is 2.41 bits per heavy atom. The SMILES string of the molecule is CN(C(=O)Cc1cccc(Cl)c1)C1CCNC1. The third-order valence-electron chi connectivity index (χ3n) is 3.22. The van der Waals surface area contributed by atoms with E-state index in [0.717, 1.165) is 25.1 Å². The molecule has 3 nitrogen and oxygen atoms in total. The van der Waals surface area contributed by atoms with Gasteiger partial charge < -0.3 is 10.2 Å². The standard InChI is InChI=1S/C13H17ClN2O/c1-16(12-5-6-15-9-12)13(17)8-10-3-2-4-11(14)7-10/h2-4,7,12,15H,5-6,8-9H2,1H3. The van der Waals surface area contributed by atoms with Gasteiger partial charge in [-0.15, -0.1) is 0 Å². The first-order valence-corrected chi connectivity index (χ1v) is 6.25. The Labute approximate surface area is 107 Å². The van der Waals surface area contributed by atoms with Gasteiger partial charge in [-0.05, 0) is 30.7 Å². The molecule has 0 saturated carbocycles. The summed E-state index contributed by atoms with van der Waals surface area (Å²) in [5, 5.41) is 3.95. The number of nitrogens with one attached hydrogen (secondary N) is 1. The maximum absolute atomic E-state index is 12.1. The highest BCUT2D eigenvalue weighted by molar-refractivity contribution is 6.30. The van der Waals surface area contributed by atoms with Crippen LogP contribution in [0.25, 0.3) is 0 Å². The molecule has 2 rings (SSSR count). The Kier molecular flexibility index (Phi) is 4.02. The van der Waals surface area contributed by atoms with Crippen LogP contribution in [0.15, 0.2) is 24.3 Å². The third-order valence-corrected chi connectivity index (χ3v) is 3.45. The van der Waals surface area contributed by atoms with Crippen LogP contribution < -0.4 is 5.32 Å². The Morgan fingerprint density at radius 1 is 1.59 bits per heavy atom. The lowest BCUT2D eigenvalue weighted by Gasteiger charge is -2.23. The van der Waals surface area contributed by atoms with Gasteiger partial charge in [0.2, 0.25) is 5.91 Å². The molecule has 1 atom stereocenters. The molecule has 1 amide bonds. The smallest absolute Gasteiger partial charge is 0.227 e. The summed E-state index contributed by atoms with van der Waals surface area (Å²) in [6, 6.07) is 7.81. The van der Waals surface area contributed by atoms with Crippen LogP contribution >= 0.6 is 11.6 Å². The largest absolute Gasteiger partial charge is 0.341 e. The Bertz CT molecular complexity index is 402. The maximum atomic E-state index is 12.1. The molecule has 17 heavy (non-hydrogen) atoms. The molecule has 4 heteroatoms. The monoisotopic (exact) mass is 252 g/mol. The van der Waals surface area contributed by atoms with Gasteiger partial charge in [0.25, 0.3) is 0 Å². The van der Waals surface area contributed by atoms with Crippen molar-refractivity contribution in [2.24, 2.45) is 0 Å². The van der Waals surface area contributed by atoms with Crippen molar-refractivity contribution in [2.45, 2.75) is 18.9 Å². The van der Waals surface area contributed by atoms with Gasteiger partial charge in [0.1, 0.15) is 0 Å². The van der Waals surface area contributed by atoms with Gasteiger partial charge in [-0.3, -0.25) is 4.79 Å². The predicted molar refractivity (Wildman–Crippen MR) is 69.2 cm³/mol. The molecule has 1 aromatic carbocycles. The Balaban J connectivity index is 1.96. The highest BCUT2D eigenvalue weighted by atomic mass is 35.5. The molecule has 1 fully saturated rings. The summed E-state index contributed by atoms with van der Waals surface area (Å²) in [6.07, 6.45) is 1.46. The van der Waals surface area contributed by atoms with Crippen molar-refractivity contribution in [3.05, 3.63) is 34.9 Å². The quantitative estimate of drug-likeness (QED) is 0.888. The van der Waals surface area contributed by atoms with Gasteiger partial charge in [-0.1, -0.05) is 23.7 Å². The first kappa shape index (κ1) is 12.4. The van der Waals surface area contributed by atoms with Crippen LogP contribution in [0.5, 0.6) is 0 Å². The second-order valence-electron chi connectivity index (χ2n) is 4.46. The summed E-state index contributed by atoms with van der Waals surface area (Å²) >= 11 is 5.90. The van der Waals surface area contributed by atoms with E-state index in [-0.39, 0.29) is 5.91 Å². The number of benzene rings is 1. The number of nitrogens with zero attached hydrogens (tertiary/aromatic N) is 1. The Morgan fingerprint density at radius 3 is 3.06 bits per heavy atom. The zero-order chi connectivity index (χ0) is 12.3. The average molecular weight is 253 g/mol. The number of hydrogen-bond donors (Lipinski definition) is 1. The van der Waals surface area contributed by atoms with Crippen molar-refractivity contribution in [2.75, 3.05) is 20.1 Å². The second-order valence-corrected chi connectivity index (χ2v) is 4.89. The van der Waals surface area contributed by atoms with E-state index in [1.54, 1.807) is 0 Å². The van der Waals surface area contributed by atoms with Crippen molar-refractivity contribution >= 4 is 17.5 Å². The molecule has 0 spiro atoms. The zero-order valence-electron chi connectivity index (χ0n) is 9.95. The molecule has 1 unspecified atom stereocenters. The fourth-order valence-corrected chi connectivity index (χ4v) is 2.33. The molecular formula is C13H17ClN2O. The number of hydrogen-bond acceptors (Lipinski definition) is 2. The molecule has 1 aliphatic heterocycles. The van der Waals surface area contributed by atoms with Crippen LogP contribution in [0, 0.1) is 0 Å². The highest BCUT2D eigenvalue weighted by Crippen LogP contribution is 2.13. The van der Waals surface area contributed by atoms with Gasteiger partial charge in [0, 0.05) is 24.7 Å². The van der Waals surface area contributed by atoms with Gasteiger partial charge in [-0.25, -0.2) is 0 Å². The maximum Gasteiger partial charge on any atom is 0.227 e. The summed E-state index contributed by atoms with van der Waals surface area (Å²) < 4.78 is 0. The Hall–Kier alpha value is -1.06. The number of halogens is 1. The highest BCUT2D eigenvalue weighted by Gasteiger charge is 2.22. The lowest BCUT2D eigenvalue weighted by molar-refractivity contribution is -0.130. The van der Waals surface area contributed by atoms with E-state index in [1.165, 1.54) is 0 Å². The number of carbonyl (C=O) groups is 1. The minimum Gasteiger partial charge on any atom is -0.341 e. The first-order chi connectivity index (χ1) is 8.16. The number of carbonyl (C=O) groups excluding carboxylic acids is 1. The van der Waals surface area contributed by atoms with Crippen LogP contribution in [0.3, 0.4) is 0 Å². The summed E-state index contributed by atoms with van der Waals surface area (Å²) in [7, 11) is 1.88. The zero-order valence-corrected chi connectivity index (χ0v) is 10.7. The average Bonchev–Trinajstić information content (AvgIpc) is 2.81. The van der Waals surface area contributed by atoms with Gasteiger partial charge in [-0.2, -0.15) is 0 Å². The summed E-state index contributed by atoms with van der Waals surface area (Å²) in [5.41, 5.74) is 0.973. The van der Waals surface area contributed by atoms with E-state index >= 15 is 0 Å². The lowest BCUT2D eigenvalue weighted by atomic mass is 10.1. The predicted octanol–water partition coefficient (Wildman–Crippen LogP) is 1.70. The molecule has 0 radical (unpaired) electrons. The number of rotatable bonds is 3. The fraction of sp³-hybridized carbons (Fsp3) is 0.462. The van der Waals surface area contributed by atoms with Crippen LogP contribution in [-0.4, -0.2) is 37.0 Å². The molecule has 92 valence electrons. The third kappa shape index (κ3) is 3.20. The molecule has 0 aliphatic carbocycles. The molecule has 1 aromatic rings. The summed E-state index contributed by atoms with van der Waals surface area (Å²) in [4.78, 5) is 13.9. The fourth-order valence-electron chi connectivity index (χ4n) is 2.12. The van der Waals surface area contributed by atoms with Gasteiger partial charge in [0.05, 0.1) is 6.42 Å². The normalized spacial score (nSPS) is 19.3. The second kappa shape index (κ2) is 5.52. The van der Waals surface area contributed by atoms with Crippen molar-refractivity contribution in [3.63, 3.8) is 0 Å². The van der Waals surface area contributed by atoms with Crippen LogP contribution in [0.4, 0.5) is 0 Å². The van der Waals surface area contributed by atoms with Crippen LogP contribution in [-0.2, 0) is 11.2 Å². The molecule has 1 heterocycles. The molecule has 1 aliphatic rings. The van der Waals surface area contributed by atoms with E-state index in [2.05, 4.69) is 5.32 Å². The lowest BCUT2D eigenvalue weighted by Crippen LogP contribution is -2.39. The van der Waals surface area contributed by atoms with Gasteiger partial charge >= 0.3 is 0 Å². The molecule has 0 bridgehead atoms. The van der Waals surface area contributed by atoms with E-state index in [9.17, 15) is 4.79 Å². The summed E-state index contributed by atoms with van der Waals surface area (Å²) in [5.74, 6) is 0.154. The van der Waals surface area contributed by atoms with E-state index in [1.807, 2.05) is 36.2 Å².